The van der Waals surface area contributed by atoms with Crippen molar-refractivity contribution in [3.8, 4) is 0 Å². The van der Waals surface area contributed by atoms with Crippen LogP contribution in [-0.2, 0) is 11.4 Å². The zero-order chi connectivity index (χ0) is 17.8. The standard InChI is InChI=1S/C20H21N3O2S/c24-20(22-25-14-15-6-2-1-3-7-15)23-12-10-16(11-13-23)19-21-17-8-4-5-9-18(17)26-19/h1-9,16H,10-14H2,(H,22,24). The highest BCUT2D eigenvalue weighted by Crippen LogP contribution is 2.33. The maximum atomic E-state index is 12.2. The Bertz CT molecular complexity index is 840. The number of piperidine rings is 1. The minimum atomic E-state index is -0.163. The number of carbonyl (C=O) groups is 1. The number of hydroxylamine groups is 1. The fourth-order valence-corrected chi connectivity index (χ4v) is 4.35. The van der Waals surface area contributed by atoms with Gasteiger partial charge in [-0.05, 0) is 30.5 Å². The number of benzene rings is 2. The van der Waals surface area contributed by atoms with E-state index in [1.54, 1.807) is 11.3 Å². The predicted molar refractivity (Wildman–Crippen MR) is 103 cm³/mol. The minimum absolute atomic E-state index is 0.163. The number of rotatable bonds is 4. The van der Waals surface area contributed by atoms with Gasteiger partial charge in [0.15, 0.2) is 0 Å². The number of fused-ring (bicyclic) bond motifs is 1. The van der Waals surface area contributed by atoms with Crippen LogP contribution in [0.4, 0.5) is 4.79 Å². The van der Waals surface area contributed by atoms with Crippen molar-refractivity contribution in [2.24, 2.45) is 0 Å². The first kappa shape index (κ1) is 17.0. The van der Waals surface area contributed by atoms with Crippen LogP contribution in [0.1, 0.15) is 29.3 Å². The van der Waals surface area contributed by atoms with Gasteiger partial charge in [-0.2, -0.15) is 0 Å². The number of nitrogens with one attached hydrogen (secondary N) is 1. The Balaban J connectivity index is 1.27. The first-order valence-electron chi connectivity index (χ1n) is 8.86. The highest BCUT2D eigenvalue weighted by Gasteiger charge is 2.26. The third kappa shape index (κ3) is 3.86. The van der Waals surface area contributed by atoms with Crippen LogP contribution in [-0.4, -0.2) is 29.0 Å². The molecule has 1 fully saturated rings. The fraction of sp³-hybridized carbons (Fsp3) is 0.300. The van der Waals surface area contributed by atoms with E-state index in [0.29, 0.717) is 12.5 Å². The zero-order valence-corrected chi connectivity index (χ0v) is 15.2. The molecule has 0 saturated carbocycles. The molecule has 0 spiro atoms. The SMILES string of the molecule is O=C(NOCc1ccccc1)N1CCC(c2nc3ccccc3s2)CC1. The molecular formula is C20H21N3O2S. The molecule has 134 valence electrons. The van der Waals surface area contributed by atoms with Gasteiger partial charge in [0, 0.05) is 19.0 Å². The van der Waals surface area contributed by atoms with Gasteiger partial charge >= 0.3 is 6.03 Å². The molecule has 2 aromatic carbocycles. The molecule has 3 aromatic rings. The monoisotopic (exact) mass is 367 g/mol. The van der Waals surface area contributed by atoms with Crippen LogP contribution in [0.3, 0.4) is 0 Å². The van der Waals surface area contributed by atoms with E-state index >= 15 is 0 Å². The smallest absolute Gasteiger partial charge is 0.323 e. The molecule has 26 heavy (non-hydrogen) atoms. The molecule has 0 aliphatic carbocycles. The molecule has 0 bridgehead atoms. The average molecular weight is 367 g/mol. The van der Waals surface area contributed by atoms with Gasteiger partial charge in [-0.15, -0.1) is 11.3 Å². The van der Waals surface area contributed by atoms with Crippen LogP contribution in [0.25, 0.3) is 10.2 Å². The van der Waals surface area contributed by atoms with Gasteiger partial charge in [0.25, 0.3) is 0 Å². The minimum Gasteiger partial charge on any atom is -0.323 e. The van der Waals surface area contributed by atoms with E-state index in [4.69, 9.17) is 9.82 Å². The normalized spacial score (nSPS) is 15.3. The maximum absolute atomic E-state index is 12.2. The maximum Gasteiger partial charge on any atom is 0.341 e. The lowest BCUT2D eigenvalue weighted by Crippen LogP contribution is -2.44. The summed E-state index contributed by atoms with van der Waals surface area (Å²) in [6, 6.07) is 17.9. The van der Waals surface area contributed by atoms with Crippen molar-refractivity contribution in [2.45, 2.75) is 25.4 Å². The van der Waals surface area contributed by atoms with Crippen LogP contribution in [0, 0.1) is 0 Å². The van der Waals surface area contributed by atoms with E-state index in [-0.39, 0.29) is 6.03 Å². The summed E-state index contributed by atoms with van der Waals surface area (Å²) < 4.78 is 1.23. The Morgan fingerprint density at radius 2 is 1.85 bits per heavy atom. The van der Waals surface area contributed by atoms with Crippen molar-refractivity contribution >= 4 is 27.6 Å². The van der Waals surface area contributed by atoms with E-state index in [9.17, 15) is 4.79 Å². The van der Waals surface area contributed by atoms with Gasteiger partial charge in [0.2, 0.25) is 0 Å². The van der Waals surface area contributed by atoms with Gasteiger partial charge in [-0.25, -0.2) is 15.3 Å². The number of nitrogens with zero attached hydrogens (tertiary/aromatic N) is 2. The van der Waals surface area contributed by atoms with E-state index in [2.05, 4.69) is 17.6 Å². The van der Waals surface area contributed by atoms with Crippen LogP contribution >= 0.6 is 11.3 Å². The lowest BCUT2D eigenvalue weighted by Gasteiger charge is -2.30. The largest absolute Gasteiger partial charge is 0.341 e. The van der Waals surface area contributed by atoms with E-state index < -0.39 is 0 Å². The molecule has 0 atom stereocenters. The summed E-state index contributed by atoms with van der Waals surface area (Å²) in [6.45, 7) is 1.82. The molecule has 0 radical (unpaired) electrons. The van der Waals surface area contributed by atoms with Crippen molar-refractivity contribution in [3.05, 3.63) is 65.2 Å². The number of thiazole rings is 1. The Hall–Kier alpha value is -2.44. The summed E-state index contributed by atoms with van der Waals surface area (Å²) in [7, 11) is 0. The molecule has 4 rings (SSSR count). The molecule has 1 aliphatic heterocycles. The highest BCUT2D eigenvalue weighted by molar-refractivity contribution is 7.18. The van der Waals surface area contributed by atoms with Crippen LogP contribution < -0.4 is 5.48 Å². The zero-order valence-electron chi connectivity index (χ0n) is 14.4. The fourth-order valence-electron chi connectivity index (χ4n) is 3.21. The summed E-state index contributed by atoms with van der Waals surface area (Å²) in [6.07, 6.45) is 1.87. The second-order valence-electron chi connectivity index (χ2n) is 6.46. The second-order valence-corrected chi connectivity index (χ2v) is 7.52. The molecule has 1 N–H and O–H groups in total. The summed E-state index contributed by atoms with van der Waals surface area (Å²) in [4.78, 5) is 24.2. The molecule has 1 aliphatic rings. The summed E-state index contributed by atoms with van der Waals surface area (Å²) in [5.41, 5.74) is 4.65. The van der Waals surface area contributed by atoms with Crippen LogP contribution in [0.2, 0.25) is 0 Å². The molecule has 1 aromatic heterocycles. The Labute approximate surface area is 156 Å². The van der Waals surface area contributed by atoms with Crippen LogP contribution in [0.15, 0.2) is 54.6 Å². The van der Waals surface area contributed by atoms with Gasteiger partial charge < -0.3 is 4.90 Å². The Morgan fingerprint density at radius 1 is 1.12 bits per heavy atom. The van der Waals surface area contributed by atoms with E-state index in [1.165, 1.54) is 9.71 Å². The molecule has 5 nitrogen and oxygen atoms in total. The Morgan fingerprint density at radius 3 is 2.62 bits per heavy atom. The third-order valence-corrected chi connectivity index (χ3v) is 5.88. The Kier molecular flexibility index (Phi) is 5.13. The van der Waals surface area contributed by atoms with Gasteiger partial charge in [0.1, 0.15) is 0 Å². The molecule has 6 heteroatoms. The first-order valence-corrected chi connectivity index (χ1v) is 9.67. The number of carbonyl (C=O) groups excluding carboxylic acids is 1. The first-order chi connectivity index (χ1) is 12.8. The molecule has 1 saturated heterocycles. The molecule has 2 amide bonds. The summed E-state index contributed by atoms with van der Waals surface area (Å²) in [5, 5.41) is 1.19. The number of para-hydroxylation sites is 1. The van der Waals surface area contributed by atoms with Crippen molar-refractivity contribution < 1.29 is 9.63 Å². The van der Waals surface area contributed by atoms with Crippen molar-refractivity contribution in [2.75, 3.05) is 13.1 Å². The number of likely N-dealkylation sites (tertiary alicyclic amines) is 1. The quantitative estimate of drug-likeness (QED) is 0.699. The molecule has 2 heterocycles. The number of hydrogen-bond donors (Lipinski definition) is 1. The lowest BCUT2D eigenvalue weighted by atomic mass is 9.98. The van der Waals surface area contributed by atoms with Gasteiger partial charge in [-0.3, -0.25) is 4.84 Å². The van der Waals surface area contributed by atoms with Gasteiger partial charge in [-0.1, -0.05) is 42.5 Å². The molecule has 0 unspecified atom stereocenters. The topological polar surface area (TPSA) is 54.5 Å². The summed E-state index contributed by atoms with van der Waals surface area (Å²) in [5.74, 6) is 0.432. The number of hydrogen-bond acceptors (Lipinski definition) is 4. The predicted octanol–water partition coefficient (Wildman–Crippen LogP) is 4.32. The summed E-state index contributed by atoms with van der Waals surface area (Å²) >= 11 is 1.77. The second kappa shape index (κ2) is 7.85. The highest BCUT2D eigenvalue weighted by atomic mass is 32.1. The van der Waals surface area contributed by atoms with E-state index in [0.717, 1.165) is 37.0 Å². The number of amides is 2. The van der Waals surface area contributed by atoms with Gasteiger partial charge in [0.05, 0.1) is 21.8 Å². The van der Waals surface area contributed by atoms with Crippen molar-refractivity contribution in [3.63, 3.8) is 0 Å². The van der Waals surface area contributed by atoms with Crippen molar-refractivity contribution in [1.29, 1.82) is 0 Å². The van der Waals surface area contributed by atoms with E-state index in [1.807, 2.05) is 47.4 Å². The van der Waals surface area contributed by atoms with Crippen molar-refractivity contribution in [1.82, 2.24) is 15.4 Å². The van der Waals surface area contributed by atoms with Crippen LogP contribution in [0.5, 0.6) is 0 Å². The third-order valence-electron chi connectivity index (χ3n) is 4.68. The lowest BCUT2D eigenvalue weighted by molar-refractivity contribution is 0.0340. The molecular weight excluding hydrogens is 346 g/mol. The number of urea groups is 1. The average Bonchev–Trinajstić information content (AvgIpc) is 3.13. The number of aromatic nitrogens is 1.